The first-order valence-electron chi connectivity index (χ1n) is 6.51. The Hall–Kier alpha value is -2.74. The van der Waals surface area contributed by atoms with Gasteiger partial charge in [-0.15, -0.1) is 0 Å². The van der Waals surface area contributed by atoms with Gasteiger partial charge in [-0.25, -0.2) is 4.79 Å². The summed E-state index contributed by atoms with van der Waals surface area (Å²) in [6.07, 6.45) is 1.15. The number of hydrogen-bond acceptors (Lipinski definition) is 5. The summed E-state index contributed by atoms with van der Waals surface area (Å²) >= 11 is 3.29. The molecule has 2 heterocycles. The summed E-state index contributed by atoms with van der Waals surface area (Å²) in [4.78, 5) is 33.9. The fourth-order valence-electron chi connectivity index (χ4n) is 2.27. The van der Waals surface area contributed by atoms with Crippen LogP contribution in [0, 0.1) is 10.1 Å². The number of hydrogen-bond donors (Lipinski definition) is 0. The Bertz CT molecular complexity index is 1040. The first-order chi connectivity index (χ1) is 10.9. The first-order valence-corrected chi connectivity index (χ1v) is 7.30. The van der Waals surface area contributed by atoms with Gasteiger partial charge in [-0.1, -0.05) is 15.9 Å². The second-order valence-electron chi connectivity index (χ2n) is 4.84. The SMILES string of the molecule is O=c1cc(Cn2cc([N+](=O)[O-])ccc2=O)c2ccc(Br)cc2o1. The van der Waals surface area contributed by atoms with Crippen LogP contribution >= 0.6 is 15.9 Å². The molecule has 0 aliphatic rings. The number of pyridine rings is 1. The lowest BCUT2D eigenvalue weighted by molar-refractivity contribution is -0.385. The maximum Gasteiger partial charge on any atom is 0.336 e. The van der Waals surface area contributed by atoms with E-state index in [0.717, 1.165) is 22.8 Å². The number of nitrogens with zero attached hydrogens (tertiary/aromatic N) is 2. The molecule has 0 aliphatic heterocycles. The fourth-order valence-corrected chi connectivity index (χ4v) is 2.61. The molecular weight excluding hydrogens is 368 g/mol. The van der Waals surface area contributed by atoms with Crippen molar-refractivity contribution in [1.82, 2.24) is 4.57 Å². The van der Waals surface area contributed by atoms with E-state index in [1.54, 1.807) is 18.2 Å². The molecule has 8 heteroatoms. The highest BCUT2D eigenvalue weighted by Crippen LogP contribution is 2.22. The Morgan fingerprint density at radius 2 is 1.96 bits per heavy atom. The maximum atomic E-state index is 11.9. The van der Waals surface area contributed by atoms with E-state index in [9.17, 15) is 19.7 Å². The molecule has 7 nitrogen and oxygen atoms in total. The second-order valence-corrected chi connectivity index (χ2v) is 5.76. The summed E-state index contributed by atoms with van der Waals surface area (Å²) < 4.78 is 7.07. The Labute approximate surface area is 137 Å². The number of aromatic nitrogens is 1. The minimum atomic E-state index is -0.579. The van der Waals surface area contributed by atoms with E-state index in [-0.39, 0.29) is 12.2 Å². The van der Waals surface area contributed by atoms with E-state index < -0.39 is 16.1 Å². The number of halogens is 1. The lowest BCUT2D eigenvalue weighted by atomic mass is 10.1. The van der Waals surface area contributed by atoms with Gasteiger partial charge in [0.2, 0.25) is 0 Å². The third-order valence-corrected chi connectivity index (χ3v) is 3.80. The maximum absolute atomic E-state index is 11.9. The molecule has 0 radical (unpaired) electrons. The van der Waals surface area contributed by atoms with Gasteiger partial charge in [-0.05, 0) is 23.8 Å². The lowest BCUT2D eigenvalue weighted by Gasteiger charge is -2.08. The van der Waals surface area contributed by atoms with Crippen molar-refractivity contribution in [3.8, 4) is 0 Å². The normalized spacial score (nSPS) is 10.8. The average Bonchev–Trinajstić information content (AvgIpc) is 2.48. The molecule has 0 atom stereocenters. The summed E-state index contributed by atoms with van der Waals surface area (Å²) in [7, 11) is 0. The number of rotatable bonds is 3. The van der Waals surface area contributed by atoms with E-state index in [1.807, 2.05) is 0 Å². The second kappa shape index (κ2) is 5.81. The van der Waals surface area contributed by atoms with Crippen LogP contribution in [0.3, 0.4) is 0 Å². The van der Waals surface area contributed by atoms with E-state index >= 15 is 0 Å². The predicted molar refractivity (Wildman–Crippen MR) is 86.6 cm³/mol. The van der Waals surface area contributed by atoms with Crippen LogP contribution in [0.4, 0.5) is 5.69 Å². The smallest absolute Gasteiger partial charge is 0.336 e. The Balaban J connectivity index is 2.15. The fraction of sp³-hybridized carbons (Fsp3) is 0.0667. The van der Waals surface area contributed by atoms with Crippen LogP contribution in [-0.2, 0) is 6.54 Å². The minimum Gasteiger partial charge on any atom is -0.423 e. The zero-order chi connectivity index (χ0) is 16.6. The van der Waals surface area contributed by atoms with Gasteiger partial charge in [0.25, 0.3) is 11.2 Å². The van der Waals surface area contributed by atoms with Crippen LogP contribution in [0.15, 0.2) is 61.1 Å². The highest BCUT2D eigenvalue weighted by molar-refractivity contribution is 9.10. The van der Waals surface area contributed by atoms with Gasteiger partial charge >= 0.3 is 5.63 Å². The summed E-state index contributed by atoms with van der Waals surface area (Å²) in [5, 5.41) is 11.5. The van der Waals surface area contributed by atoms with Gasteiger partial charge in [-0.2, -0.15) is 0 Å². The number of fused-ring (bicyclic) bond motifs is 1. The Morgan fingerprint density at radius 3 is 2.70 bits per heavy atom. The largest absolute Gasteiger partial charge is 0.423 e. The van der Waals surface area contributed by atoms with Crippen LogP contribution in [0.2, 0.25) is 0 Å². The Kier molecular flexibility index (Phi) is 3.83. The van der Waals surface area contributed by atoms with Crippen LogP contribution < -0.4 is 11.2 Å². The third kappa shape index (κ3) is 3.07. The summed E-state index contributed by atoms with van der Waals surface area (Å²) in [6, 6.07) is 8.73. The van der Waals surface area contributed by atoms with Crippen molar-refractivity contribution in [2.75, 3.05) is 0 Å². The molecule has 0 bridgehead atoms. The molecule has 116 valence electrons. The van der Waals surface area contributed by atoms with E-state index in [4.69, 9.17) is 4.42 Å². The monoisotopic (exact) mass is 376 g/mol. The molecule has 3 aromatic rings. The van der Waals surface area contributed by atoms with Gasteiger partial charge < -0.3 is 8.98 Å². The predicted octanol–water partition coefficient (Wildman–Crippen LogP) is 2.67. The molecular formula is C15H9BrN2O5. The molecule has 0 unspecified atom stereocenters. The average molecular weight is 377 g/mol. The summed E-state index contributed by atoms with van der Waals surface area (Å²) in [5.74, 6) is 0. The van der Waals surface area contributed by atoms with Crippen molar-refractivity contribution in [3.63, 3.8) is 0 Å². The molecule has 0 fully saturated rings. The van der Waals surface area contributed by atoms with Crippen LogP contribution in [0.5, 0.6) is 0 Å². The molecule has 0 aliphatic carbocycles. The van der Waals surface area contributed by atoms with Crippen molar-refractivity contribution in [2.24, 2.45) is 0 Å². The van der Waals surface area contributed by atoms with Crippen molar-refractivity contribution in [3.05, 3.63) is 83.5 Å². The standard InChI is InChI=1S/C15H9BrN2O5/c16-10-1-3-12-9(5-15(20)23-13(12)6-10)7-17-8-11(18(21)22)2-4-14(17)19/h1-6,8H,7H2. The molecule has 0 saturated heterocycles. The minimum absolute atomic E-state index is 0.0320. The Morgan fingerprint density at radius 1 is 1.17 bits per heavy atom. The topological polar surface area (TPSA) is 95.4 Å². The van der Waals surface area contributed by atoms with Gasteiger partial charge in [0.1, 0.15) is 5.58 Å². The van der Waals surface area contributed by atoms with Gasteiger partial charge in [0, 0.05) is 28.1 Å². The van der Waals surface area contributed by atoms with E-state index in [0.29, 0.717) is 16.5 Å². The summed E-state index contributed by atoms with van der Waals surface area (Å²) in [6.45, 7) is 0.0320. The number of benzene rings is 1. The van der Waals surface area contributed by atoms with Gasteiger partial charge in [0.15, 0.2) is 0 Å². The third-order valence-electron chi connectivity index (χ3n) is 3.31. The molecule has 0 spiro atoms. The van der Waals surface area contributed by atoms with Crippen molar-refractivity contribution in [2.45, 2.75) is 6.54 Å². The lowest BCUT2D eigenvalue weighted by Crippen LogP contribution is -2.20. The highest BCUT2D eigenvalue weighted by Gasteiger charge is 2.11. The quantitative estimate of drug-likeness (QED) is 0.397. The highest BCUT2D eigenvalue weighted by atomic mass is 79.9. The van der Waals surface area contributed by atoms with Crippen molar-refractivity contribution < 1.29 is 9.34 Å². The molecule has 23 heavy (non-hydrogen) atoms. The number of nitro groups is 1. The molecule has 3 rings (SSSR count). The zero-order valence-electron chi connectivity index (χ0n) is 11.6. The van der Waals surface area contributed by atoms with Crippen LogP contribution in [0.1, 0.15) is 5.56 Å². The zero-order valence-corrected chi connectivity index (χ0v) is 13.1. The molecule has 2 aromatic heterocycles. The molecule has 0 N–H and O–H groups in total. The van der Waals surface area contributed by atoms with Crippen LogP contribution in [-0.4, -0.2) is 9.49 Å². The molecule has 1 aromatic carbocycles. The van der Waals surface area contributed by atoms with Gasteiger partial charge in [0.05, 0.1) is 17.7 Å². The van der Waals surface area contributed by atoms with Crippen LogP contribution in [0.25, 0.3) is 11.0 Å². The first kappa shape index (κ1) is 15.2. The van der Waals surface area contributed by atoms with Crippen molar-refractivity contribution in [1.29, 1.82) is 0 Å². The van der Waals surface area contributed by atoms with Gasteiger partial charge in [-0.3, -0.25) is 14.9 Å². The summed E-state index contributed by atoms with van der Waals surface area (Å²) in [5.41, 5.74) is -0.218. The van der Waals surface area contributed by atoms with E-state index in [1.165, 1.54) is 10.6 Å². The molecule has 0 saturated carbocycles. The van der Waals surface area contributed by atoms with E-state index in [2.05, 4.69) is 15.9 Å². The van der Waals surface area contributed by atoms with Crippen molar-refractivity contribution >= 4 is 32.6 Å². The molecule has 0 amide bonds.